The van der Waals surface area contributed by atoms with Crippen molar-refractivity contribution in [1.29, 1.82) is 0 Å². The molecule has 13 nitrogen and oxygen atoms in total. The number of hydrogen-bond donors (Lipinski definition) is 4. The first kappa shape index (κ1) is 35.8. The number of halogens is 1. The van der Waals surface area contributed by atoms with Crippen molar-refractivity contribution >= 4 is 50.5 Å². The molecular weight excluding hydrogens is 622 g/mol. The van der Waals surface area contributed by atoms with Crippen LogP contribution in [0.25, 0.3) is 5.65 Å². The summed E-state index contributed by atoms with van der Waals surface area (Å²) in [6.45, 7) is 14.7. The largest absolute Gasteiger partial charge is 0.482 e. The van der Waals surface area contributed by atoms with E-state index in [9.17, 15) is 22.8 Å². The molecule has 0 radical (unpaired) electrons. The van der Waals surface area contributed by atoms with Crippen LogP contribution >= 0.6 is 11.6 Å². The van der Waals surface area contributed by atoms with Gasteiger partial charge in [0.2, 0.25) is 11.8 Å². The van der Waals surface area contributed by atoms with Crippen LogP contribution in [-0.4, -0.2) is 76.6 Å². The topological polar surface area (TPSA) is 177 Å². The summed E-state index contributed by atoms with van der Waals surface area (Å²) >= 11 is 6.61. The molecule has 0 bridgehead atoms. The van der Waals surface area contributed by atoms with Crippen molar-refractivity contribution < 1.29 is 27.5 Å². The predicted octanol–water partition coefficient (Wildman–Crippen LogP) is 3.39. The molecule has 45 heavy (non-hydrogen) atoms. The lowest BCUT2D eigenvalue weighted by Gasteiger charge is -2.40. The van der Waals surface area contributed by atoms with Gasteiger partial charge in [0.25, 0.3) is 5.91 Å². The first-order chi connectivity index (χ1) is 20.6. The number of ether oxygens (including phenoxy) is 1. The number of hydrogen-bond acceptors (Lipinski definition) is 8. The molecule has 248 valence electrons. The van der Waals surface area contributed by atoms with Crippen LogP contribution in [-0.2, 0) is 35.1 Å². The Balaban J connectivity index is 1.62. The summed E-state index contributed by atoms with van der Waals surface area (Å²) in [6, 6.07) is 6.61. The van der Waals surface area contributed by atoms with Gasteiger partial charge in [-0.05, 0) is 32.4 Å². The number of nitrogens with one attached hydrogen (secondary N) is 4. The van der Waals surface area contributed by atoms with E-state index in [1.54, 1.807) is 35.7 Å². The summed E-state index contributed by atoms with van der Waals surface area (Å²) in [5.74, 6) is -1.18. The van der Waals surface area contributed by atoms with Crippen molar-refractivity contribution in [2.45, 2.75) is 78.2 Å². The number of amides is 3. The fourth-order valence-corrected chi connectivity index (χ4v) is 5.65. The number of benzene rings is 1. The Labute approximate surface area is 269 Å². The number of fused-ring (bicyclic) bond motifs is 1. The maximum atomic E-state index is 13.1. The van der Waals surface area contributed by atoms with Crippen LogP contribution in [0.15, 0.2) is 24.3 Å². The van der Waals surface area contributed by atoms with Crippen molar-refractivity contribution in [3.8, 4) is 5.75 Å². The van der Waals surface area contributed by atoms with Crippen LogP contribution in [0.5, 0.6) is 5.75 Å². The van der Waals surface area contributed by atoms with Crippen molar-refractivity contribution in [2.75, 3.05) is 30.5 Å². The number of aromatic amines is 1. The highest BCUT2D eigenvalue weighted by atomic mass is 35.5. The smallest absolute Gasteiger partial charge is 0.258 e. The number of carbonyl (C=O) groups excluding carboxylic acids is 3. The van der Waals surface area contributed by atoms with Gasteiger partial charge in [-0.2, -0.15) is 0 Å². The standard InChI is InChI=1S/C30H44ClN7O6S/c1-18(14-15-45(9,42)43)26(41)32-16-21(39)33-19-12-10-11-13-20(19)44-17-22(40)34-30(7,8)29(5,6)27-36-35-25-23(31)24(28(2,3)4)37-38(25)27/h10-13,18,37H,14-17H2,1-9H3,(H,32,41)(H,33,39)(H,34,40). The molecule has 1 unspecified atom stereocenters. The minimum atomic E-state index is -3.20. The minimum absolute atomic E-state index is 0.120. The third-order valence-electron chi connectivity index (χ3n) is 7.94. The van der Waals surface area contributed by atoms with E-state index in [2.05, 4.69) is 31.2 Å². The number of para-hydroxylation sites is 2. The minimum Gasteiger partial charge on any atom is -0.482 e. The van der Waals surface area contributed by atoms with Crippen LogP contribution in [0.1, 0.15) is 73.3 Å². The highest BCUT2D eigenvalue weighted by Gasteiger charge is 2.44. The highest BCUT2D eigenvalue weighted by Crippen LogP contribution is 2.37. The Morgan fingerprint density at radius 3 is 2.31 bits per heavy atom. The van der Waals surface area contributed by atoms with Gasteiger partial charge in [-0.3, -0.25) is 19.5 Å². The van der Waals surface area contributed by atoms with Crippen LogP contribution in [0, 0.1) is 5.92 Å². The quantitative estimate of drug-likeness (QED) is 0.215. The average molecular weight is 666 g/mol. The van der Waals surface area contributed by atoms with Crippen LogP contribution in [0.2, 0.25) is 5.02 Å². The van der Waals surface area contributed by atoms with Crippen molar-refractivity contribution in [3.63, 3.8) is 0 Å². The zero-order chi connectivity index (χ0) is 34.0. The predicted molar refractivity (Wildman–Crippen MR) is 173 cm³/mol. The van der Waals surface area contributed by atoms with Gasteiger partial charge in [-0.15, -0.1) is 10.2 Å². The zero-order valence-corrected chi connectivity index (χ0v) is 28.9. The molecule has 4 N–H and O–H groups in total. The van der Waals surface area contributed by atoms with E-state index >= 15 is 0 Å². The number of rotatable bonds is 13. The molecular formula is C30H44ClN7O6S. The lowest BCUT2D eigenvalue weighted by atomic mass is 9.73. The van der Waals surface area contributed by atoms with Crippen LogP contribution in [0.3, 0.4) is 0 Å². The lowest BCUT2D eigenvalue weighted by molar-refractivity contribution is -0.127. The number of carbonyl (C=O) groups is 3. The van der Waals surface area contributed by atoms with Gasteiger partial charge in [-0.25, -0.2) is 12.9 Å². The molecule has 2 heterocycles. The zero-order valence-electron chi connectivity index (χ0n) is 27.3. The van der Waals surface area contributed by atoms with E-state index in [1.165, 1.54) is 0 Å². The Kier molecular flexibility index (Phi) is 10.6. The molecule has 2 aromatic heterocycles. The van der Waals surface area contributed by atoms with Crippen LogP contribution in [0.4, 0.5) is 5.69 Å². The van der Waals surface area contributed by atoms with Crippen molar-refractivity contribution in [3.05, 3.63) is 40.8 Å². The molecule has 1 aromatic carbocycles. The normalized spacial score (nSPS) is 13.4. The molecule has 0 saturated carbocycles. The number of anilines is 1. The van der Waals surface area contributed by atoms with Crippen molar-refractivity contribution in [1.82, 2.24) is 30.4 Å². The summed E-state index contributed by atoms with van der Waals surface area (Å²) in [6.07, 6.45) is 1.26. The van der Waals surface area contributed by atoms with E-state index in [1.807, 2.05) is 48.5 Å². The second-order valence-corrected chi connectivity index (χ2v) is 16.0. The van der Waals surface area contributed by atoms with Gasteiger partial charge in [-0.1, -0.05) is 65.3 Å². The van der Waals surface area contributed by atoms with Gasteiger partial charge < -0.3 is 20.7 Å². The molecule has 0 spiro atoms. The molecule has 3 rings (SSSR count). The average Bonchev–Trinajstić information content (AvgIpc) is 3.49. The molecule has 0 saturated heterocycles. The summed E-state index contributed by atoms with van der Waals surface area (Å²) in [4.78, 5) is 37.9. The molecule has 1 atom stereocenters. The summed E-state index contributed by atoms with van der Waals surface area (Å²) in [7, 11) is -3.20. The highest BCUT2D eigenvalue weighted by molar-refractivity contribution is 7.90. The maximum Gasteiger partial charge on any atom is 0.258 e. The van der Waals surface area contributed by atoms with E-state index in [0.717, 1.165) is 11.9 Å². The SMILES string of the molecule is CC(CCS(C)(=O)=O)C(=O)NCC(=O)Nc1ccccc1OCC(=O)NC(C)(C)C(C)(C)c1nnc2c(Cl)c(C(C)(C)C)[nH]n12. The fraction of sp³-hybridized carbons (Fsp3) is 0.567. The van der Waals surface area contributed by atoms with Crippen molar-refractivity contribution in [2.24, 2.45) is 5.92 Å². The number of H-pyrrole nitrogens is 1. The Bertz CT molecular complexity index is 1670. The molecule has 0 aliphatic heterocycles. The summed E-state index contributed by atoms with van der Waals surface area (Å²) < 4.78 is 30.2. The molecule has 0 aliphatic rings. The van der Waals surface area contributed by atoms with E-state index in [4.69, 9.17) is 16.3 Å². The Morgan fingerprint density at radius 1 is 1.04 bits per heavy atom. The molecule has 0 aliphatic carbocycles. The van der Waals surface area contributed by atoms with Gasteiger partial charge >= 0.3 is 0 Å². The second-order valence-electron chi connectivity index (χ2n) is 13.4. The lowest BCUT2D eigenvalue weighted by Crippen LogP contribution is -2.57. The second kappa shape index (κ2) is 13.4. The first-order valence-corrected chi connectivity index (χ1v) is 17.0. The maximum absolute atomic E-state index is 13.1. The van der Waals surface area contributed by atoms with Gasteiger partial charge in [0.15, 0.2) is 18.1 Å². The summed E-state index contributed by atoms with van der Waals surface area (Å²) in [5.41, 5.74) is -0.129. The molecule has 15 heteroatoms. The van der Waals surface area contributed by atoms with Gasteiger partial charge in [0.1, 0.15) is 20.6 Å². The van der Waals surface area contributed by atoms with Crippen LogP contribution < -0.4 is 20.7 Å². The first-order valence-electron chi connectivity index (χ1n) is 14.6. The van der Waals surface area contributed by atoms with Gasteiger partial charge in [0, 0.05) is 28.5 Å². The van der Waals surface area contributed by atoms with E-state index in [0.29, 0.717) is 22.2 Å². The third kappa shape index (κ3) is 8.75. The number of sulfone groups is 1. The monoisotopic (exact) mass is 665 g/mol. The Morgan fingerprint density at radius 2 is 1.69 bits per heavy atom. The molecule has 3 amide bonds. The molecule has 0 fully saturated rings. The summed E-state index contributed by atoms with van der Waals surface area (Å²) in [5, 5.41) is 20.7. The number of aromatic nitrogens is 4. The molecule has 3 aromatic rings. The third-order valence-corrected chi connectivity index (χ3v) is 9.27. The van der Waals surface area contributed by atoms with E-state index < -0.39 is 44.4 Å². The fourth-order valence-electron chi connectivity index (χ4n) is 4.42. The van der Waals surface area contributed by atoms with E-state index in [-0.39, 0.29) is 36.5 Å². The van der Waals surface area contributed by atoms with Gasteiger partial charge in [0.05, 0.1) is 23.7 Å². The number of nitrogens with zero attached hydrogens (tertiary/aromatic N) is 3. The Hall–Kier alpha value is -3.65.